The molecule has 1 aliphatic carbocycles. The number of aromatic nitrogens is 1. The summed E-state index contributed by atoms with van der Waals surface area (Å²) in [5.41, 5.74) is 0.489. The van der Waals surface area contributed by atoms with Crippen molar-refractivity contribution in [3.63, 3.8) is 0 Å². The van der Waals surface area contributed by atoms with Gasteiger partial charge in [-0.05, 0) is 43.9 Å². The maximum Gasteiger partial charge on any atom is 0.306 e. The summed E-state index contributed by atoms with van der Waals surface area (Å²) in [5, 5.41) is 12.4. The van der Waals surface area contributed by atoms with Gasteiger partial charge in [0.05, 0.1) is 18.5 Å². The third kappa shape index (κ3) is 3.06. The third-order valence-electron chi connectivity index (χ3n) is 4.58. The topological polar surface area (TPSA) is 91.4 Å². The molecule has 1 fully saturated rings. The molecule has 6 nitrogen and oxygen atoms in total. The molecule has 0 radical (unpaired) electrons. The van der Waals surface area contributed by atoms with Gasteiger partial charge in [-0.25, -0.2) is 4.39 Å². The van der Waals surface area contributed by atoms with Crippen LogP contribution in [0.3, 0.4) is 0 Å². The molecule has 128 valence electrons. The first-order valence-electron chi connectivity index (χ1n) is 7.88. The molecule has 24 heavy (non-hydrogen) atoms. The van der Waals surface area contributed by atoms with Gasteiger partial charge >= 0.3 is 5.97 Å². The summed E-state index contributed by atoms with van der Waals surface area (Å²) < 4.78 is 19.1. The molecular weight excluding hydrogens is 315 g/mol. The fraction of sp³-hybridized carbons (Fsp3) is 0.412. The quantitative estimate of drug-likeness (QED) is 0.802. The van der Waals surface area contributed by atoms with Crippen LogP contribution in [0.4, 0.5) is 4.39 Å². The molecule has 0 unspecified atom stereocenters. The first kappa shape index (κ1) is 16.3. The molecule has 1 aromatic carbocycles. The summed E-state index contributed by atoms with van der Waals surface area (Å²) in [4.78, 5) is 26.1. The number of carbonyl (C=O) groups excluding carboxylic acids is 1. The Morgan fingerprint density at radius 3 is 2.62 bits per heavy atom. The van der Waals surface area contributed by atoms with Crippen LogP contribution in [-0.4, -0.2) is 35.1 Å². The maximum absolute atomic E-state index is 13.9. The van der Waals surface area contributed by atoms with E-state index in [-0.39, 0.29) is 29.1 Å². The molecule has 0 aliphatic heterocycles. The number of carboxylic acids is 1. The van der Waals surface area contributed by atoms with E-state index in [9.17, 15) is 14.0 Å². The molecule has 0 bridgehead atoms. The molecule has 3 rings (SSSR count). The summed E-state index contributed by atoms with van der Waals surface area (Å²) in [6, 6.07) is 4.30. The van der Waals surface area contributed by atoms with Crippen molar-refractivity contribution in [3.8, 4) is 5.75 Å². The monoisotopic (exact) mass is 334 g/mol. The lowest BCUT2D eigenvalue weighted by Crippen LogP contribution is -2.38. The molecule has 0 saturated heterocycles. The Balaban J connectivity index is 1.73. The number of hydrogen-bond donors (Lipinski definition) is 3. The molecule has 1 aliphatic rings. The number of aromatic amines is 1. The van der Waals surface area contributed by atoms with E-state index < -0.39 is 11.8 Å². The normalized spacial score (nSPS) is 20.8. The zero-order valence-corrected chi connectivity index (χ0v) is 13.3. The van der Waals surface area contributed by atoms with E-state index in [1.807, 2.05) is 0 Å². The van der Waals surface area contributed by atoms with Gasteiger partial charge in [0.1, 0.15) is 17.3 Å². The molecule has 1 aromatic heterocycles. The Hall–Kier alpha value is -2.57. The number of ether oxygens (including phenoxy) is 1. The van der Waals surface area contributed by atoms with Crippen LogP contribution in [0.25, 0.3) is 10.9 Å². The number of carboxylic acid groups (broad SMARTS) is 1. The van der Waals surface area contributed by atoms with Crippen molar-refractivity contribution in [2.24, 2.45) is 5.92 Å². The maximum atomic E-state index is 13.9. The van der Waals surface area contributed by atoms with Gasteiger partial charge in [0.2, 0.25) is 0 Å². The standard InChI is InChI=1S/C17H19FN2O4/c1-24-14-7-6-12(18)15-11(14)8-13(20-15)16(21)19-10-4-2-9(3-5-10)17(22)23/h6-10,20H,2-5H2,1H3,(H,19,21)(H,22,23). The minimum absolute atomic E-state index is 0.0637. The zero-order valence-electron chi connectivity index (χ0n) is 13.3. The SMILES string of the molecule is COc1ccc(F)c2[nH]c(C(=O)NC3CCC(C(=O)O)CC3)cc12. The van der Waals surface area contributed by atoms with Gasteiger partial charge in [-0.15, -0.1) is 0 Å². The molecule has 2 aromatic rings. The number of benzene rings is 1. The number of fused-ring (bicyclic) bond motifs is 1. The van der Waals surface area contributed by atoms with Crippen LogP contribution in [0.5, 0.6) is 5.75 Å². The van der Waals surface area contributed by atoms with Crippen molar-refractivity contribution >= 4 is 22.8 Å². The van der Waals surface area contributed by atoms with Crippen molar-refractivity contribution in [3.05, 3.63) is 29.7 Å². The average molecular weight is 334 g/mol. The van der Waals surface area contributed by atoms with Gasteiger partial charge in [-0.3, -0.25) is 9.59 Å². The van der Waals surface area contributed by atoms with E-state index in [2.05, 4.69) is 10.3 Å². The van der Waals surface area contributed by atoms with Crippen molar-refractivity contribution in [2.45, 2.75) is 31.7 Å². The van der Waals surface area contributed by atoms with Gasteiger partial charge < -0.3 is 20.1 Å². The molecule has 1 amide bonds. The second-order valence-corrected chi connectivity index (χ2v) is 6.08. The number of carbonyl (C=O) groups is 2. The number of hydrogen-bond acceptors (Lipinski definition) is 3. The number of methoxy groups -OCH3 is 1. The molecular formula is C17H19FN2O4. The van der Waals surface area contributed by atoms with Crippen molar-refractivity contribution < 1.29 is 23.8 Å². The summed E-state index contributed by atoms with van der Waals surface area (Å²) in [5.74, 6) is -1.40. The summed E-state index contributed by atoms with van der Waals surface area (Å²) >= 11 is 0. The Labute approximate surface area is 138 Å². The second-order valence-electron chi connectivity index (χ2n) is 6.08. The van der Waals surface area contributed by atoms with Crippen molar-refractivity contribution in [1.82, 2.24) is 10.3 Å². The average Bonchev–Trinajstić information content (AvgIpc) is 3.02. The van der Waals surface area contributed by atoms with E-state index in [4.69, 9.17) is 9.84 Å². The van der Waals surface area contributed by atoms with Crippen molar-refractivity contribution in [2.75, 3.05) is 7.11 Å². The van der Waals surface area contributed by atoms with E-state index in [1.165, 1.54) is 19.2 Å². The lowest BCUT2D eigenvalue weighted by Gasteiger charge is -2.26. The van der Waals surface area contributed by atoms with Crippen LogP contribution >= 0.6 is 0 Å². The van der Waals surface area contributed by atoms with Gasteiger partial charge in [0.15, 0.2) is 0 Å². The van der Waals surface area contributed by atoms with E-state index >= 15 is 0 Å². The Morgan fingerprint density at radius 1 is 1.29 bits per heavy atom. The number of rotatable bonds is 4. The number of aliphatic carboxylic acids is 1. The second kappa shape index (κ2) is 6.51. The van der Waals surface area contributed by atoms with Gasteiger partial charge in [0.25, 0.3) is 5.91 Å². The highest BCUT2D eigenvalue weighted by Crippen LogP contribution is 2.29. The summed E-state index contributed by atoms with van der Waals surface area (Å²) in [7, 11) is 1.49. The molecule has 1 saturated carbocycles. The number of amides is 1. The fourth-order valence-electron chi connectivity index (χ4n) is 3.21. The van der Waals surface area contributed by atoms with Gasteiger partial charge in [0, 0.05) is 11.4 Å². The van der Waals surface area contributed by atoms with E-state index in [0.717, 1.165) is 0 Å². The first-order chi connectivity index (χ1) is 11.5. The lowest BCUT2D eigenvalue weighted by molar-refractivity contribution is -0.142. The van der Waals surface area contributed by atoms with Crippen LogP contribution in [0.1, 0.15) is 36.2 Å². The highest BCUT2D eigenvalue weighted by molar-refractivity contribution is 6.00. The van der Waals surface area contributed by atoms with Crippen LogP contribution < -0.4 is 10.1 Å². The summed E-state index contributed by atoms with van der Waals surface area (Å²) in [6.07, 6.45) is 2.35. The Kier molecular flexibility index (Phi) is 4.42. The highest BCUT2D eigenvalue weighted by Gasteiger charge is 2.27. The van der Waals surface area contributed by atoms with Crippen molar-refractivity contribution in [1.29, 1.82) is 0 Å². The minimum atomic E-state index is -0.780. The Bertz CT molecular complexity index is 778. The molecule has 0 spiro atoms. The summed E-state index contributed by atoms with van der Waals surface area (Å²) in [6.45, 7) is 0. The van der Waals surface area contributed by atoms with Gasteiger partial charge in [-0.1, -0.05) is 0 Å². The van der Waals surface area contributed by atoms with Crippen LogP contribution in [0.2, 0.25) is 0 Å². The molecule has 3 N–H and O–H groups in total. The predicted molar refractivity (Wildman–Crippen MR) is 85.7 cm³/mol. The number of H-pyrrole nitrogens is 1. The number of nitrogens with one attached hydrogen (secondary N) is 2. The molecule has 1 heterocycles. The van der Waals surface area contributed by atoms with Gasteiger partial charge in [-0.2, -0.15) is 0 Å². The Morgan fingerprint density at radius 2 is 2.00 bits per heavy atom. The van der Waals surface area contributed by atoms with Crippen LogP contribution in [-0.2, 0) is 4.79 Å². The smallest absolute Gasteiger partial charge is 0.306 e. The lowest BCUT2D eigenvalue weighted by atomic mass is 9.86. The molecule has 7 heteroatoms. The minimum Gasteiger partial charge on any atom is -0.496 e. The van der Waals surface area contributed by atoms with Crippen LogP contribution in [0.15, 0.2) is 18.2 Å². The predicted octanol–water partition coefficient (Wildman–Crippen LogP) is 2.69. The fourth-order valence-corrected chi connectivity index (χ4v) is 3.21. The van der Waals surface area contributed by atoms with E-state index in [0.29, 0.717) is 36.8 Å². The van der Waals surface area contributed by atoms with Crippen LogP contribution in [0, 0.1) is 11.7 Å². The largest absolute Gasteiger partial charge is 0.496 e. The van der Waals surface area contributed by atoms with E-state index in [1.54, 1.807) is 6.07 Å². The third-order valence-corrected chi connectivity index (χ3v) is 4.58. The number of halogens is 1. The highest BCUT2D eigenvalue weighted by atomic mass is 19.1. The zero-order chi connectivity index (χ0) is 17.3. The first-order valence-corrected chi connectivity index (χ1v) is 7.88. The molecule has 0 atom stereocenters.